The van der Waals surface area contributed by atoms with E-state index in [1.807, 2.05) is 36.4 Å². The van der Waals surface area contributed by atoms with Gasteiger partial charge in [0.1, 0.15) is 5.78 Å². The van der Waals surface area contributed by atoms with Gasteiger partial charge in [-0.05, 0) is 18.1 Å². The molecule has 14 heavy (non-hydrogen) atoms. The van der Waals surface area contributed by atoms with E-state index in [2.05, 4.69) is 0 Å². The van der Waals surface area contributed by atoms with Crippen molar-refractivity contribution in [3.05, 3.63) is 41.5 Å². The van der Waals surface area contributed by atoms with Crippen LogP contribution in [0.4, 0.5) is 0 Å². The summed E-state index contributed by atoms with van der Waals surface area (Å²) in [7, 11) is 0. The summed E-state index contributed by atoms with van der Waals surface area (Å²) in [5.41, 5.74) is 2.17. The van der Waals surface area contributed by atoms with Gasteiger partial charge >= 0.3 is 0 Å². The fourth-order valence-electron chi connectivity index (χ4n) is 1.21. The number of hydrogen-bond donors (Lipinski definition) is 0. The van der Waals surface area contributed by atoms with Gasteiger partial charge in [0.2, 0.25) is 0 Å². The maximum absolute atomic E-state index is 10.8. The standard InChI is InChI=1S/C12H13ClO/c1-10(14)9-12-6-4-11(5-7-12)3-2-8-13/h2-7H,8-9H2,1H3. The molecular formula is C12H13ClO. The molecule has 0 aliphatic carbocycles. The second-order valence-electron chi connectivity index (χ2n) is 3.18. The highest BCUT2D eigenvalue weighted by atomic mass is 35.5. The van der Waals surface area contributed by atoms with Crippen molar-refractivity contribution in [1.82, 2.24) is 0 Å². The largest absolute Gasteiger partial charge is 0.300 e. The lowest BCUT2D eigenvalue weighted by atomic mass is 10.1. The van der Waals surface area contributed by atoms with Gasteiger partial charge in [-0.1, -0.05) is 36.4 Å². The Bertz CT molecular complexity index is 325. The Morgan fingerprint density at radius 3 is 2.50 bits per heavy atom. The van der Waals surface area contributed by atoms with Crippen molar-refractivity contribution in [2.75, 3.05) is 5.88 Å². The number of allylic oxidation sites excluding steroid dienone is 1. The number of ketones is 1. The lowest BCUT2D eigenvalue weighted by molar-refractivity contribution is -0.116. The van der Waals surface area contributed by atoms with E-state index in [0.29, 0.717) is 12.3 Å². The van der Waals surface area contributed by atoms with Gasteiger partial charge in [0.15, 0.2) is 0 Å². The third kappa shape index (κ3) is 3.75. The Hall–Kier alpha value is -1.08. The highest BCUT2D eigenvalue weighted by molar-refractivity contribution is 6.19. The number of alkyl halides is 1. The maximum atomic E-state index is 10.8. The van der Waals surface area contributed by atoms with E-state index >= 15 is 0 Å². The van der Waals surface area contributed by atoms with E-state index in [1.54, 1.807) is 6.92 Å². The molecule has 0 saturated heterocycles. The number of rotatable bonds is 4. The number of halogens is 1. The zero-order valence-electron chi connectivity index (χ0n) is 8.16. The first-order chi connectivity index (χ1) is 6.72. The van der Waals surface area contributed by atoms with Crippen LogP contribution in [0.2, 0.25) is 0 Å². The quantitative estimate of drug-likeness (QED) is 0.695. The predicted molar refractivity (Wildman–Crippen MR) is 60.6 cm³/mol. The van der Waals surface area contributed by atoms with Gasteiger partial charge in [0, 0.05) is 12.3 Å². The van der Waals surface area contributed by atoms with Crippen molar-refractivity contribution in [3.8, 4) is 0 Å². The van der Waals surface area contributed by atoms with Crippen LogP contribution < -0.4 is 0 Å². The molecule has 0 unspecified atom stereocenters. The average Bonchev–Trinajstić information content (AvgIpc) is 2.16. The Morgan fingerprint density at radius 1 is 1.36 bits per heavy atom. The minimum atomic E-state index is 0.189. The number of benzene rings is 1. The first-order valence-electron chi connectivity index (χ1n) is 4.53. The molecule has 0 aromatic heterocycles. The predicted octanol–water partition coefficient (Wildman–Crippen LogP) is 3.07. The highest BCUT2D eigenvalue weighted by Crippen LogP contribution is 2.07. The molecule has 0 fully saturated rings. The molecule has 0 bridgehead atoms. The third-order valence-corrected chi connectivity index (χ3v) is 2.01. The molecule has 74 valence electrons. The first-order valence-corrected chi connectivity index (χ1v) is 5.06. The van der Waals surface area contributed by atoms with Crippen LogP contribution in [-0.4, -0.2) is 11.7 Å². The Kier molecular flexibility index (Phi) is 4.41. The summed E-state index contributed by atoms with van der Waals surface area (Å²) in [6, 6.07) is 7.91. The third-order valence-electron chi connectivity index (χ3n) is 1.83. The van der Waals surface area contributed by atoms with Crippen molar-refractivity contribution in [1.29, 1.82) is 0 Å². The second kappa shape index (κ2) is 5.61. The van der Waals surface area contributed by atoms with E-state index in [-0.39, 0.29) is 5.78 Å². The minimum absolute atomic E-state index is 0.189. The molecule has 1 rings (SSSR count). The van der Waals surface area contributed by atoms with E-state index in [0.717, 1.165) is 11.1 Å². The number of Topliss-reactive ketones (excluding diaryl/α,β-unsaturated/α-hetero) is 1. The fourth-order valence-corrected chi connectivity index (χ4v) is 1.30. The summed E-state index contributed by atoms with van der Waals surface area (Å²) in [5.74, 6) is 0.712. The molecule has 0 aliphatic heterocycles. The summed E-state index contributed by atoms with van der Waals surface area (Å²) in [4.78, 5) is 10.8. The average molecular weight is 209 g/mol. The second-order valence-corrected chi connectivity index (χ2v) is 3.49. The first kappa shape index (κ1) is 11.0. The van der Waals surface area contributed by atoms with Crippen molar-refractivity contribution in [2.45, 2.75) is 13.3 Å². The van der Waals surface area contributed by atoms with E-state index in [9.17, 15) is 4.79 Å². The number of carbonyl (C=O) groups excluding carboxylic acids is 1. The van der Waals surface area contributed by atoms with Crippen LogP contribution in [0.25, 0.3) is 6.08 Å². The monoisotopic (exact) mass is 208 g/mol. The van der Waals surface area contributed by atoms with Gasteiger partial charge in [0.05, 0.1) is 0 Å². The topological polar surface area (TPSA) is 17.1 Å². The summed E-state index contributed by atoms with van der Waals surface area (Å²) in [5, 5.41) is 0. The van der Waals surface area contributed by atoms with Crippen LogP contribution in [0.15, 0.2) is 30.3 Å². The molecule has 0 saturated carbocycles. The smallest absolute Gasteiger partial charge is 0.134 e. The zero-order chi connectivity index (χ0) is 10.4. The van der Waals surface area contributed by atoms with E-state index in [4.69, 9.17) is 11.6 Å². The molecule has 0 N–H and O–H groups in total. The van der Waals surface area contributed by atoms with Gasteiger partial charge in [-0.2, -0.15) is 0 Å². The maximum Gasteiger partial charge on any atom is 0.134 e. The van der Waals surface area contributed by atoms with Crippen LogP contribution in [0.5, 0.6) is 0 Å². The normalized spacial score (nSPS) is 10.7. The molecule has 0 atom stereocenters. The summed E-state index contributed by atoms with van der Waals surface area (Å²) < 4.78 is 0. The number of hydrogen-bond acceptors (Lipinski definition) is 1. The van der Waals surface area contributed by atoms with Crippen molar-refractivity contribution in [3.63, 3.8) is 0 Å². The molecule has 0 amide bonds. The fraction of sp³-hybridized carbons (Fsp3) is 0.250. The molecule has 1 nitrogen and oxygen atoms in total. The van der Waals surface area contributed by atoms with Gasteiger partial charge in [-0.15, -0.1) is 11.6 Å². The Morgan fingerprint density at radius 2 is 2.00 bits per heavy atom. The summed E-state index contributed by atoms with van der Waals surface area (Å²) in [6.07, 6.45) is 4.37. The lowest BCUT2D eigenvalue weighted by Gasteiger charge is -1.98. The zero-order valence-corrected chi connectivity index (χ0v) is 8.92. The number of carbonyl (C=O) groups is 1. The highest BCUT2D eigenvalue weighted by Gasteiger charge is 1.96. The lowest BCUT2D eigenvalue weighted by Crippen LogP contribution is -1.95. The van der Waals surface area contributed by atoms with E-state index in [1.165, 1.54) is 0 Å². The van der Waals surface area contributed by atoms with Crippen LogP contribution in [0.1, 0.15) is 18.1 Å². The summed E-state index contributed by atoms with van der Waals surface area (Å²) in [6.45, 7) is 1.60. The molecule has 0 spiro atoms. The summed E-state index contributed by atoms with van der Waals surface area (Å²) >= 11 is 5.52. The Labute approximate surface area is 89.4 Å². The van der Waals surface area contributed by atoms with Gasteiger partial charge in [0.25, 0.3) is 0 Å². The van der Waals surface area contributed by atoms with Gasteiger partial charge in [-0.25, -0.2) is 0 Å². The van der Waals surface area contributed by atoms with E-state index < -0.39 is 0 Å². The molecule has 0 aliphatic rings. The van der Waals surface area contributed by atoms with Crippen LogP contribution in [0.3, 0.4) is 0 Å². The van der Waals surface area contributed by atoms with Crippen LogP contribution in [0, 0.1) is 0 Å². The van der Waals surface area contributed by atoms with Gasteiger partial charge in [-0.3, -0.25) is 4.79 Å². The molecular weight excluding hydrogens is 196 g/mol. The van der Waals surface area contributed by atoms with Gasteiger partial charge < -0.3 is 0 Å². The SMILES string of the molecule is CC(=O)Cc1ccc(C=CCCl)cc1. The van der Waals surface area contributed by atoms with Crippen LogP contribution in [-0.2, 0) is 11.2 Å². The molecule has 1 aromatic carbocycles. The van der Waals surface area contributed by atoms with Crippen molar-refractivity contribution in [2.24, 2.45) is 0 Å². The van der Waals surface area contributed by atoms with Crippen molar-refractivity contribution >= 4 is 23.5 Å². The molecule has 2 heteroatoms. The van der Waals surface area contributed by atoms with Crippen molar-refractivity contribution < 1.29 is 4.79 Å². The molecule has 1 aromatic rings. The molecule has 0 heterocycles. The molecule has 0 radical (unpaired) electrons. The Balaban J connectivity index is 2.68. The van der Waals surface area contributed by atoms with Crippen LogP contribution >= 0.6 is 11.6 Å². The minimum Gasteiger partial charge on any atom is -0.300 e.